The van der Waals surface area contributed by atoms with Gasteiger partial charge in [0, 0.05) is 44.8 Å². The van der Waals surface area contributed by atoms with E-state index in [1.165, 1.54) is 12.7 Å². The minimum atomic E-state index is -0.386. The van der Waals surface area contributed by atoms with Crippen LogP contribution in [0, 0.1) is 0 Å². The number of ether oxygens (including phenoxy) is 5. The van der Waals surface area contributed by atoms with Crippen LogP contribution in [0.1, 0.15) is 49.7 Å². The Morgan fingerprint density at radius 2 is 2.00 bits per heavy atom. The number of methoxy groups -OCH3 is 3. The minimum absolute atomic E-state index is 0.00313. The number of fused-ring (bicyclic) bond motifs is 1. The zero-order valence-electron chi connectivity index (χ0n) is 24.3. The molecule has 4 atom stereocenters. The first-order valence-electron chi connectivity index (χ1n) is 14.4. The van der Waals surface area contributed by atoms with Gasteiger partial charge in [0.25, 0.3) is 0 Å². The number of nitrogens with one attached hydrogen (secondary N) is 2. The molecule has 220 valence electrons. The van der Waals surface area contributed by atoms with Crippen molar-refractivity contribution in [3.05, 3.63) is 53.6 Å². The molecule has 0 radical (unpaired) electrons. The lowest BCUT2D eigenvalue weighted by Crippen LogP contribution is -2.49. The Hall–Kier alpha value is -3.01. The standard InChI is InChI=1S/C31H45N3O6/c1-5-24(33-31(35)38-4)18-25-19-27(23-8-10-26(37-3)11-9-23)30(20-32-25)40-21-22-7-12-29-28(17-22)34(14-16-39-29)13-6-15-36-2/h7-12,17,24-25,27,30,32H,5-6,13-16,18-21H2,1-4H3,(H,33,35)/t24-,25+,27-,30+/m1/s1. The molecule has 9 nitrogen and oxygen atoms in total. The Balaban J connectivity index is 1.45. The van der Waals surface area contributed by atoms with Gasteiger partial charge in [0.2, 0.25) is 0 Å². The van der Waals surface area contributed by atoms with Crippen molar-refractivity contribution >= 4 is 11.8 Å². The van der Waals surface area contributed by atoms with E-state index in [-0.39, 0.29) is 30.2 Å². The number of anilines is 1. The van der Waals surface area contributed by atoms with Crippen molar-refractivity contribution in [3.63, 3.8) is 0 Å². The summed E-state index contributed by atoms with van der Waals surface area (Å²) in [6, 6.07) is 15.0. The Labute approximate surface area is 238 Å². The monoisotopic (exact) mass is 555 g/mol. The maximum Gasteiger partial charge on any atom is 0.407 e. The van der Waals surface area contributed by atoms with Crippen LogP contribution < -0.4 is 25.0 Å². The van der Waals surface area contributed by atoms with Gasteiger partial charge in [0.05, 0.1) is 39.2 Å². The van der Waals surface area contributed by atoms with Crippen LogP contribution in [-0.2, 0) is 20.8 Å². The molecule has 2 N–H and O–H groups in total. The van der Waals surface area contributed by atoms with Gasteiger partial charge < -0.3 is 39.2 Å². The second-order valence-corrected chi connectivity index (χ2v) is 10.5. The van der Waals surface area contributed by atoms with Crippen molar-refractivity contribution < 1.29 is 28.5 Å². The van der Waals surface area contributed by atoms with Crippen LogP contribution in [0.15, 0.2) is 42.5 Å². The second kappa shape index (κ2) is 15.1. The quantitative estimate of drug-likeness (QED) is 0.350. The molecule has 0 spiro atoms. The molecule has 9 heteroatoms. The molecule has 2 aliphatic heterocycles. The molecule has 2 aromatic rings. The lowest BCUT2D eigenvalue weighted by molar-refractivity contribution is 0.00149. The number of nitrogens with zero attached hydrogens (tertiary/aromatic N) is 1. The van der Waals surface area contributed by atoms with E-state index in [1.807, 2.05) is 12.1 Å². The highest BCUT2D eigenvalue weighted by Crippen LogP contribution is 2.35. The lowest BCUT2D eigenvalue weighted by atomic mass is 9.82. The van der Waals surface area contributed by atoms with Crippen LogP contribution in [0.3, 0.4) is 0 Å². The molecule has 1 saturated heterocycles. The van der Waals surface area contributed by atoms with Crippen LogP contribution in [0.4, 0.5) is 10.5 Å². The Bertz CT molecular complexity index is 1070. The largest absolute Gasteiger partial charge is 0.497 e. The van der Waals surface area contributed by atoms with Gasteiger partial charge in [-0.3, -0.25) is 0 Å². The first-order valence-corrected chi connectivity index (χ1v) is 14.4. The van der Waals surface area contributed by atoms with E-state index in [1.54, 1.807) is 14.2 Å². The van der Waals surface area contributed by atoms with Gasteiger partial charge >= 0.3 is 6.09 Å². The summed E-state index contributed by atoms with van der Waals surface area (Å²) in [7, 11) is 4.83. The predicted molar refractivity (Wildman–Crippen MR) is 156 cm³/mol. The molecule has 2 aromatic carbocycles. The highest BCUT2D eigenvalue weighted by atomic mass is 16.5. The van der Waals surface area contributed by atoms with Crippen LogP contribution in [-0.4, -0.2) is 78.5 Å². The molecular weight excluding hydrogens is 510 g/mol. The fourth-order valence-electron chi connectivity index (χ4n) is 5.66. The number of hydrogen-bond acceptors (Lipinski definition) is 8. The van der Waals surface area contributed by atoms with Gasteiger partial charge in [-0.25, -0.2) is 4.79 Å². The van der Waals surface area contributed by atoms with Gasteiger partial charge in [0.1, 0.15) is 18.1 Å². The van der Waals surface area contributed by atoms with Gasteiger partial charge in [-0.1, -0.05) is 25.1 Å². The summed E-state index contributed by atoms with van der Waals surface area (Å²) in [6.45, 7) is 6.58. The predicted octanol–water partition coefficient (Wildman–Crippen LogP) is 4.49. The lowest BCUT2D eigenvalue weighted by Gasteiger charge is -2.38. The number of carbonyl (C=O) groups is 1. The summed E-state index contributed by atoms with van der Waals surface area (Å²) in [6.07, 6.45) is 3.16. The molecular formula is C31H45N3O6. The first kappa shape index (κ1) is 30.0. The molecule has 1 fully saturated rings. The summed E-state index contributed by atoms with van der Waals surface area (Å²) in [5.41, 5.74) is 3.49. The highest BCUT2D eigenvalue weighted by Gasteiger charge is 2.33. The Kier molecular flexibility index (Phi) is 11.3. The number of rotatable bonds is 13. The van der Waals surface area contributed by atoms with Crippen LogP contribution in [0.25, 0.3) is 0 Å². The number of alkyl carbamates (subject to hydrolysis) is 1. The maximum atomic E-state index is 11.8. The molecule has 0 unspecified atom stereocenters. The van der Waals surface area contributed by atoms with Crippen LogP contribution >= 0.6 is 0 Å². The van der Waals surface area contributed by atoms with Crippen LogP contribution in [0.2, 0.25) is 0 Å². The molecule has 2 heterocycles. The Morgan fingerprint density at radius 1 is 1.18 bits per heavy atom. The van der Waals surface area contributed by atoms with E-state index in [2.05, 4.69) is 52.8 Å². The van der Waals surface area contributed by atoms with Crippen molar-refractivity contribution in [2.24, 2.45) is 0 Å². The zero-order valence-corrected chi connectivity index (χ0v) is 24.3. The van der Waals surface area contributed by atoms with Gasteiger partial charge in [0.15, 0.2) is 0 Å². The molecule has 0 aliphatic carbocycles. The summed E-state index contributed by atoms with van der Waals surface area (Å²) in [4.78, 5) is 14.2. The highest BCUT2D eigenvalue weighted by molar-refractivity contribution is 5.67. The van der Waals surface area contributed by atoms with Crippen molar-refractivity contribution in [1.82, 2.24) is 10.6 Å². The molecule has 4 rings (SSSR count). The smallest absolute Gasteiger partial charge is 0.407 e. The van der Waals surface area contributed by atoms with Gasteiger partial charge in [-0.2, -0.15) is 0 Å². The molecule has 0 bridgehead atoms. The molecule has 0 saturated carbocycles. The van der Waals surface area contributed by atoms with Crippen LogP contribution in [0.5, 0.6) is 11.5 Å². The van der Waals surface area contributed by atoms with E-state index in [4.69, 9.17) is 23.7 Å². The average molecular weight is 556 g/mol. The molecule has 2 aliphatic rings. The molecule has 40 heavy (non-hydrogen) atoms. The summed E-state index contributed by atoms with van der Waals surface area (Å²) in [5, 5.41) is 6.65. The van der Waals surface area contributed by atoms with E-state index < -0.39 is 0 Å². The normalized spacial score (nSPS) is 21.2. The SMILES string of the molecule is CC[C@H](C[C@H]1C[C@H](c2ccc(OC)cc2)[C@@H](OCc2ccc3c(c2)N(CCCOC)CCO3)CN1)NC(=O)OC. The molecule has 1 amide bonds. The molecule has 0 aromatic heterocycles. The van der Waals surface area contributed by atoms with Gasteiger partial charge in [-0.15, -0.1) is 0 Å². The number of hydrogen-bond donors (Lipinski definition) is 2. The minimum Gasteiger partial charge on any atom is -0.497 e. The van der Waals surface area contributed by atoms with E-state index in [0.717, 1.165) is 74.7 Å². The van der Waals surface area contributed by atoms with Crippen molar-refractivity contribution in [1.29, 1.82) is 0 Å². The number of amides is 1. The van der Waals surface area contributed by atoms with Crippen molar-refractivity contribution in [3.8, 4) is 11.5 Å². The third-order valence-corrected chi connectivity index (χ3v) is 7.93. The van der Waals surface area contributed by atoms with E-state index in [0.29, 0.717) is 13.2 Å². The number of benzene rings is 2. The first-order chi connectivity index (χ1) is 19.5. The zero-order chi connectivity index (χ0) is 28.3. The van der Waals surface area contributed by atoms with Crippen molar-refractivity contribution in [2.45, 2.75) is 63.3 Å². The number of carbonyl (C=O) groups excluding carboxylic acids is 1. The maximum absolute atomic E-state index is 11.8. The number of piperidine rings is 1. The third kappa shape index (κ3) is 8.02. The topological polar surface area (TPSA) is 90.5 Å². The fraction of sp³-hybridized carbons (Fsp3) is 0.581. The van der Waals surface area contributed by atoms with Crippen molar-refractivity contribution in [2.75, 3.05) is 59.1 Å². The third-order valence-electron chi connectivity index (χ3n) is 7.93. The van der Waals surface area contributed by atoms with Gasteiger partial charge in [-0.05, 0) is 61.1 Å². The fourth-order valence-corrected chi connectivity index (χ4v) is 5.66. The Morgan fingerprint density at radius 3 is 2.73 bits per heavy atom. The van der Waals surface area contributed by atoms with E-state index >= 15 is 0 Å². The second-order valence-electron chi connectivity index (χ2n) is 10.5. The average Bonchev–Trinajstić information content (AvgIpc) is 3.00. The summed E-state index contributed by atoms with van der Waals surface area (Å²) >= 11 is 0. The van der Waals surface area contributed by atoms with E-state index in [9.17, 15) is 4.79 Å². The summed E-state index contributed by atoms with van der Waals surface area (Å²) < 4.78 is 28.0. The summed E-state index contributed by atoms with van der Waals surface area (Å²) in [5.74, 6) is 1.97.